The number of nitrogens with zero attached hydrogens (tertiary/aromatic N) is 3. The number of aromatic nitrogens is 4. The highest BCUT2D eigenvalue weighted by atomic mass is 19.1. The van der Waals surface area contributed by atoms with Gasteiger partial charge in [-0.2, -0.15) is 4.39 Å². The SMILES string of the molecule is O=c1ccnc(C2CCC(Nc3cc(F)ncn3)CC2)[nH]1. The van der Waals surface area contributed by atoms with Crippen molar-refractivity contribution in [3.05, 3.63) is 46.8 Å². The zero-order chi connectivity index (χ0) is 14.7. The van der Waals surface area contributed by atoms with E-state index in [0.29, 0.717) is 5.82 Å². The second-order valence-electron chi connectivity index (χ2n) is 5.24. The molecule has 1 aliphatic carbocycles. The summed E-state index contributed by atoms with van der Waals surface area (Å²) in [6.07, 6.45) is 6.46. The first-order chi connectivity index (χ1) is 10.2. The monoisotopic (exact) mass is 289 g/mol. The van der Waals surface area contributed by atoms with Crippen molar-refractivity contribution in [2.75, 3.05) is 5.32 Å². The summed E-state index contributed by atoms with van der Waals surface area (Å²) >= 11 is 0. The van der Waals surface area contributed by atoms with Gasteiger partial charge >= 0.3 is 0 Å². The molecule has 1 aliphatic rings. The Kier molecular flexibility index (Phi) is 3.89. The van der Waals surface area contributed by atoms with Gasteiger partial charge in [-0.3, -0.25) is 4.79 Å². The molecule has 0 spiro atoms. The number of rotatable bonds is 3. The maximum absolute atomic E-state index is 13.0. The molecule has 0 aromatic carbocycles. The molecule has 2 aromatic heterocycles. The second kappa shape index (κ2) is 5.99. The Balaban J connectivity index is 1.59. The van der Waals surface area contributed by atoms with E-state index in [0.717, 1.165) is 31.5 Å². The van der Waals surface area contributed by atoms with Crippen molar-refractivity contribution < 1.29 is 4.39 Å². The molecule has 0 saturated heterocycles. The van der Waals surface area contributed by atoms with Gasteiger partial charge in [0.2, 0.25) is 5.95 Å². The number of halogens is 1. The minimum absolute atomic E-state index is 0.114. The zero-order valence-electron chi connectivity index (χ0n) is 11.4. The molecule has 0 bridgehead atoms. The van der Waals surface area contributed by atoms with Gasteiger partial charge in [-0.15, -0.1) is 0 Å². The Labute approximate surface area is 120 Å². The number of nitrogens with one attached hydrogen (secondary N) is 2. The lowest BCUT2D eigenvalue weighted by Gasteiger charge is -2.28. The average Bonchev–Trinajstić information content (AvgIpc) is 2.48. The van der Waals surface area contributed by atoms with Gasteiger partial charge in [-0.05, 0) is 25.7 Å². The zero-order valence-corrected chi connectivity index (χ0v) is 11.4. The van der Waals surface area contributed by atoms with Crippen molar-refractivity contribution in [1.82, 2.24) is 19.9 Å². The molecule has 0 amide bonds. The largest absolute Gasteiger partial charge is 0.367 e. The summed E-state index contributed by atoms with van der Waals surface area (Å²) in [6, 6.07) is 2.97. The van der Waals surface area contributed by atoms with Crippen LogP contribution < -0.4 is 10.9 Å². The van der Waals surface area contributed by atoms with Crippen LogP contribution in [0.4, 0.5) is 10.2 Å². The van der Waals surface area contributed by atoms with Gasteiger partial charge in [0.15, 0.2) is 0 Å². The van der Waals surface area contributed by atoms with Crippen molar-refractivity contribution in [2.24, 2.45) is 0 Å². The van der Waals surface area contributed by atoms with E-state index in [9.17, 15) is 9.18 Å². The first kappa shape index (κ1) is 13.7. The summed E-state index contributed by atoms with van der Waals surface area (Å²) in [5.74, 6) is 1.01. The lowest BCUT2D eigenvalue weighted by Crippen LogP contribution is -2.27. The maximum Gasteiger partial charge on any atom is 0.250 e. The van der Waals surface area contributed by atoms with Crippen LogP contribution in [0.1, 0.15) is 37.4 Å². The molecule has 1 saturated carbocycles. The van der Waals surface area contributed by atoms with Crippen LogP contribution >= 0.6 is 0 Å². The molecule has 3 rings (SSSR count). The predicted octanol–water partition coefficient (Wildman–Crippen LogP) is 1.84. The van der Waals surface area contributed by atoms with Crippen LogP contribution in [0.2, 0.25) is 0 Å². The fourth-order valence-corrected chi connectivity index (χ4v) is 2.73. The number of H-pyrrole nitrogens is 1. The van der Waals surface area contributed by atoms with Crippen LogP contribution in [-0.4, -0.2) is 26.0 Å². The summed E-state index contributed by atoms with van der Waals surface area (Å²) in [5, 5.41) is 3.22. The Morgan fingerprint density at radius 1 is 1.19 bits per heavy atom. The smallest absolute Gasteiger partial charge is 0.250 e. The summed E-state index contributed by atoms with van der Waals surface area (Å²) in [6.45, 7) is 0. The van der Waals surface area contributed by atoms with Crippen LogP contribution in [0.15, 0.2) is 29.5 Å². The van der Waals surface area contributed by atoms with Crippen LogP contribution in [-0.2, 0) is 0 Å². The van der Waals surface area contributed by atoms with Crippen LogP contribution in [0.5, 0.6) is 0 Å². The van der Waals surface area contributed by atoms with Crippen LogP contribution in [0.25, 0.3) is 0 Å². The van der Waals surface area contributed by atoms with Gasteiger partial charge < -0.3 is 10.3 Å². The van der Waals surface area contributed by atoms with E-state index < -0.39 is 5.95 Å². The Morgan fingerprint density at radius 3 is 2.71 bits per heavy atom. The average molecular weight is 289 g/mol. The van der Waals surface area contributed by atoms with Gasteiger partial charge in [0.25, 0.3) is 5.56 Å². The summed E-state index contributed by atoms with van der Waals surface area (Å²) in [4.78, 5) is 25.8. The molecule has 1 fully saturated rings. The first-order valence-electron chi connectivity index (χ1n) is 7.00. The van der Waals surface area contributed by atoms with E-state index in [1.165, 1.54) is 18.5 Å². The third kappa shape index (κ3) is 3.42. The highest BCUT2D eigenvalue weighted by molar-refractivity contribution is 5.33. The van der Waals surface area contributed by atoms with Crippen LogP contribution in [0, 0.1) is 5.95 Å². The topological polar surface area (TPSA) is 83.6 Å². The molecule has 2 heterocycles. The molecule has 7 heteroatoms. The third-order valence-corrected chi connectivity index (χ3v) is 3.79. The third-order valence-electron chi connectivity index (χ3n) is 3.79. The van der Waals surface area contributed by atoms with Gasteiger partial charge in [0.05, 0.1) is 0 Å². The first-order valence-corrected chi connectivity index (χ1v) is 7.00. The number of hydrogen-bond donors (Lipinski definition) is 2. The molecule has 0 atom stereocenters. The molecular formula is C14H16FN5O. The molecular weight excluding hydrogens is 273 g/mol. The van der Waals surface area contributed by atoms with Crippen LogP contribution in [0.3, 0.4) is 0 Å². The summed E-state index contributed by atoms with van der Waals surface area (Å²) in [7, 11) is 0. The van der Waals surface area contributed by atoms with E-state index in [2.05, 4.69) is 25.3 Å². The number of aromatic amines is 1. The van der Waals surface area contributed by atoms with E-state index >= 15 is 0 Å². The summed E-state index contributed by atoms with van der Waals surface area (Å²) in [5.41, 5.74) is -0.114. The standard InChI is InChI=1S/C14H16FN5O/c15-11-7-12(18-8-17-11)19-10-3-1-9(2-4-10)14-16-6-5-13(21)20-14/h5-10H,1-4H2,(H,16,20,21)(H,17,18,19). The molecule has 0 radical (unpaired) electrons. The molecule has 6 nitrogen and oxygen atoms in total. The molecule has 2 aromatic rings. The molecule has 0 unspecified atom stereocenters. The molecule has 0 aliphatic heterocycles. The fraction of sp³-hybridized carbons (Fsp3) is 0.429. The van der Waals surface area contributed by atoms with E-state index in [1.807, 2.05) is 0 Å². The highest BCUT2D eigenvalue weighted by Crippen LogP contribution is 2.31. The summed E-state index contributed by atoms with van der Waals surface area (Å²) < 4.78 is 13.0. The normalized spacial score (nSPS) is 22.0. The maximum atomic E-state index is 13.0. The molecule has 2 N–H and O–H groups in total. The van der Waals surface area contributed by atoms with Crippen molar-refractivity contribution >= 4 is 5.82 Å². The molecule has 21 heavy (non-hydrogen) atoms. The van der Waals surface area contributed by atoms with E-state index in [1.54, 1.807) is 6.20 Å². The van der Waals surface area contributed by atoms with Gasteiger partial charge in [0, 0.05) is 30.3 Å². The number of hydrogen-bond acceptors (Lipinski definition) is 5. The number of anilines is 1. The van der Waals surface area contributed by atoms with E-state index in [-0.39, 0.29) is 17.5 Å². The Hall–Kier alpha value is -2.31. The van der Waals surface area contributed by atoms with Gasteiger partial charge in [0.1, 0.15) is 18.0 Å². The molecule has 110 valence electrons. The van der Waals surface area contributed by atoms with Crippen molar-refractivity contribution in [1.29, 1.82) is 0 Å². The Bertz CT molecular complexity index is 666. The minimum Gasteiger partial charge on any atom is -0.367 e. The highest BCUT2D eigenvalue weighted by Gasteiger charge is 2.24. The van der Waals surface area contributed by atoms with Crippen molar-refractivity contribution in [3.8, 4) is 0 Å². The fourth-order valence-electron chi connectivity index (χ4n) is 2.73. The van der Waals surface area contributed by atoms with Gasteiger partial charge in [-0.25, -0.2) is 15.0 Å². The van der Waals surface area contributed by atoms with Crippen molar-refractivity contribution in [3.63, 3.8) is 0 Å². The van der Waals surface area contributed by atoms with Gasteiger partial charge in [-0.1, -0.05) is 0 Å². The minimum atomic E-state index is -0.535. The van der Waals surface area contributed by atoms with E-state index in [4.69, 9.17) is 0 Å². The lowest BCUT2D eigenvalue weighted by atomic mass is 9.85. The Morgan fingerprint density at radius 2 is 2.00 bits per heavy atom. The second-order valence-corrected chi connectivity index (χ2v) is 5.24. The predicted molar refractivity (Wildman–Crippen MR) is 75.5 cm³/mol. The lowest BCUT2D eigenvalue weighted by molar-refractivity contribution is 0.398. The quantitative estimate of drug-likeness (QED) is 0.842. The van der Waals surface area contributed by atoms with Crippen molar-refractivity contribution in [2.45, 2.75) is 37.6 Å².